The normalized spacial score (nSPS) is 15.6. The van der Waals surface area contributed by atoms with Gasteiger partial charge in [0.2, 0.25) is 0 Å². The van der Waals surface area contributed by atoms with E-state index >= 15 is 0 Å². The molecule has 1 aliphatic carbocycles. The molecular formula is C14H18N2O4. The highest BCUT2D eigenvalue weighted by Gasteiger charge is 2.16. The molecule has 0 spiro atoms. The molecule has 0 aliphatic heterocycles. The van der Waals surface area contributed by atoms with Crippen molar-refractivity contribution in [3.8, 4) is 5.75 Å². The summed E-state index contributed by atoms with van der Waals surface area (Å²) in [6, 6.07) is 6.07. The van der Waals surface area contributed by atoms with Crippen molar-refractivity contribution >= 4 is 11.6 Å². The zero-order valence-electron chi connectivity index (χ0n) is 11.2. The number of hydrogen-bond donors (Lipinski definition) is 1. The van der Waals surface area contributed by atoms with E-state index in [9.17, 15) is 14.9 Å². The quantitative estimate of drug-likeness (QED) is 0.662. The number of carbonyl (C=O) groups excluding carboxylic acids is 1. The van der Waals surface area contributed by atoms with Crippen LogP contribution < -0.4 is 10.1 Å². The maximum atomic E-state index is 11.7. The van der Waals surface area contributed by atoms with Gasteiger partial charge in [0.1, 0.15) is 5.75 Å². The monoisotopic (exact) mass is 278 g/mol. The van der Waals surface area contributed by atoms with Gasteiger partial charge in [-0.2, -0.15) is 0 Å². The Labute approximate surface area is 117 Å². The first-order valence-corrected chi connectivity index (χ1v) is 6.82. The predicted octanol–water partition coefficient (Wildman–Crippen LogP) is 2.42. The summed E-state index contributed by atoms with van der Waals surface area (Å²) in [5.41, 5.74) is -0.0461. The van der Waals surface area contributed by atoms with Gasteiger partial charge in [-0.3, -0.25) is 14.9 Å². The number of nitrogens with one attached hydrogen (secondary N) is 1. The van der Waals surface area contributed by atoms with E-state index in [4.69, 9.17) is 4.74 Å². The number of rotatable bonds is 5. The van der Waals surface area contributed by atoms with E-state index in [1.807, 2.05) is 0 Å². The number of benzene rings is 1. The number of non-ortho nitro benzene ring substituents is 1. The van der Waals surface area contributed by atoms with Crippen LogP contribution in [-0.4, -0.2) is 23.5 Å². The predicted molar refractivity (Wildman–Crippen MR) is 73.6 cm³/mol. The topological polar surface area (TPSA) is 81.5 Å². The molecule has 1 aliphatic rings. The standard InChI is InChI=1S/C14H18N2O4/c17-14(15-11-5-2-1-3-6-11)10-20-13-8-4-7-12(9-13)16(18)19/h4,7-9,11H,1-3,5-6,10H2,(H,15,17). The molecule has 1 aromatic carbocycles. The molecule has 1 N–H and O–H groups in total. The molecule has 6 nitrogen and oxygen atoms in total. The Kier molecular flexibility index (Phi) is 4.92. The zero-order chi connectivity index (χ0) is 14.4. The van der Waals surface area contributed by atoms with Crippen LogP contribution >= 0.6 is 0 Å². The van der Waals surface area contributed by atoms with Gasteiger partial charge >= 0.3 is 0 Å². The fourth-order valence-corrected chi connectivity index (χ4v) is 2.35. The molecule has 0 bridgehead atoms. The summed E-state index contributed by atoms with van der Waals surface area (Å²) in [6.07, 6.45) is 5.56. The summed E-state index contributed by atoms with van der Waals surface area (Å²) >= 11 is 0. The fourth-order valence-electron chi connectivity index (χ4n) is 2.35. The van der Waals surface area contributed by atoms with Crippen LogP contribution in [0, 0.1) is 10.1 Å². The molecule has 1 amide bonds. The molecule has 0 unspecified atom stereocenters. The molecule has 0 radical (unpaired) electrons. The highest BCUT2D eigenvalue weighted by molar-refractivity contribution is 5.77. The molecule has 20 heavy (non-hydrogen) atoms. The largest absolute Gasteiger partial charge is 0.484 e. The number of nitrogens with zero attached hydrogens (tertiary/aromatic N) is 1. The highest BCUT2D eigenvalue weighted by Crippen LogP contribution is 2.19. The average Bonchev–Trinajstić information content (AvgIpc) is 2.46. The van der Waals surface area contributed by atoms with Gasteiger partial charge in [0.15, 0.2) is 6.61 Å². The van der Waals surface area contributed by atoms with Gasteiger partial charge in [0, 0.05) is 12.1 Å². The van der Waals surface area contributed by atoms with Crippen LogP contribution in [0.5, 0.6) is 5.75 Å². The molecule has 0 heterocycles. The summed E-state index contributed by atoms with van der Waals surface area (Å²) in [7, 11) is 0. The number of carbonyl (C=O) groups is 1. The highest BCUT2D eigenvalue weighted by atomic mass is 16.6. The summed E-state index contributed by atoms with van der Waals surface area (Å²) < 4.78 is 5.28. The summed E-state index contributed by atoms with van der Waals surface area (Å²) in [4.78, 5) is 21.9. The van der Waals surface area contributed by atoms with Crippen molar-refractivity contribution in [3.63, 3.8) is 0 Å². The Bertz CT molecular complexity index is 484. The van der Waals surface area contributed by atoms with E-state index in [-0.39, 0.29) is 24.2 Å². The third kappa shape index (κ3) is 4.22. The molecule has 0 atom stereocenters. The molecule has 1 saturated carbocycles. The molecule has 1 aromatic rings. The first-order chi connectivity index (χ1) is 9.65. The lowest BCUT2D eigenvalue weighted by Crippen LogP contribution is -2.38. The van der Waals surface area contributed by atoms with Gasteiger partial charge < -0.3 is 10.1 Å². The Morgan fingerprint density at radius 3 is 2.80 bits per heavy atom. The second-order valence-electron chi connectivity index (χ2n) is 4.95. The zero-order valence-corrected chi connectivity index (χ0v) is 11.2. The van der Waals surface area contributed by atoms with Crippen molar-refractivity contribution in [1.82, 2.24) is 5.32 Å². The van der Waals surface area contributed by atoms with Gasteiger partial charge in [-0.1, -0.05) is 25.3 Å². The van der Waals surface area contributed by atoms with Crippen LogP contribution in [0.1, 0.15) is 32.1 Å². The van der Waals surface area contributed by atoms with Crippen LogP contribution in [0.15, 0.2) is 24.3 Å². The minimum absolute atomic E-state index is 0.0461. The van der Waals surface area contributed by atoms with E-state index in [1.165, 1.54) is 24.6 Å². The Morgan fingerprint density at radius 2 is 2.10 bits per heavy atom. The SMILES string of the molecule is O=C(COc1cccc([N+](=O)[O-])c1)NC1CCCCC1. The Hall–Kier alpha value is -2.11. The number of ether oxygens (including phenoxy) is 1. The third-order valence-electron chi connectivity index (χ3n) is 3.37. The first kappa shape index (κ1) is 14.3. The Morgan fingerprint density at radius 1 is 1.35 bits per heavy atom. The van der Waals surface area contributed by atoms with Crippen molar-refractivity contribution in [2.24, 2.45) is 0 Å². The Balaban J connectivity index is 1.80. The molecular weight excluding hydrogens is 260 g/mol. The second kappa shape index (κ2) is 6.88. The van der Waals surface area contributed by atoms with Gasteiger partial charge in [0.25, 0.3) is 11.6 Å². The summed E-state index contributed by atoms with van der Waals surface area (Å²) in [5.74, 6) is 0.154. The van der Waals surface area contributed by atoms with Gasteiger partial charge in [0.05, 0.1) is 11.0 Å². The third-order valence-corrected chi connectivity index (χ3v) is 3.37. The number of nitro groups is 1. The molecule has 2 rings (SSSR count). The lowest BCUT2D eigenvalue weighted by atomic mass is 9.95. The number of nitro benzene ring substituents is 1. The summed E-state index contributed by atoms with van der Waals surface area (Å²) in [6.45, 7) is -0.113. The average molecular weight is 278 g/mol. The second-order valence-corrected chi connectivity index (χ2v) is 4.95. The maximum absolute atomic E-state index is 11.7. The van der Waals surface area contributed by atoms with Crippen molar-refractivity contribution < 1.29 is 14.5 Å². The molecule has 0 aromatic heterocycles. The van der Waals surface area contributed by atoms with Crippen LogP contribution in [-0.2, 0) is 4.79 Å². The van der Waals surface area contributed by atoms with Gasteiger partial charge in [-0.15, -0.1) is 0 Å². The van der Waals surface area contributed by atoms with Gasteiger partial charge in [-0.25, -0.2) is 0 Å². The maximum Gasteiger partial charge on any atom is 0.273 e. The van der Waals surface area contributed by atoms with E-state index in [0.29, 0.717) is 5.75 Å². The summed E-state index contributed by atoms with van der Waals surface area (Å²) in [5, 5.41) is 13.6. The minimum atomic E-state index is -0.491. The molecule has 0 saturated heterocycles. The number of hydrogen-bond acceptors (Lipinski definition) is 4. The van der Waals surface area contributed by atoms with Crippen LogP contribution in [0.25, 0.3) is 0 Å². The smallest absolute Gasteiger partial charge is 0.273 e. The van der Waals surface area contributed by atoms with Crippen molar-refractivity contribution in [1.29, 1.82) is 0 Å². The van der Waals surface area contributed by atoms with E-state index in [1.54, 1.807) is 6.07 Å². The lowest BCUT2D eigenvalue weighted by Gasteiger charge is -2.22. The first-order valence-electron chi connectivity index (χ1n) is 6.82. The fraction of sp³-hybridized carbons (Fsp3) is 0.500. The molecule has 6 heteroatoms. The van der Waals surface area contributed by atoms with Crippen LogP contribution in [0.2, 0.25) is 0 Å². The minimum Gasteiger partial charge on any atom is -0.484 e. The van der Waals surface area contributed by atoms with Crippen LogP contribution in [0.3, 0.4) is 0 Å². The van der Waals surface area contributed by atoms with Crippen molar-refractivity contribution in [2.75, 3.05) is 6.61 Å². The molecule has 108 valence electrons. The van der Waals surface area contributed by atoms with E-state index < -0.39 is 4.92 Å². The van der Waals surface area contributed by atoms with E-state index in [2.05, 4.69) is 5.32 Å². The van der Waals surface area contributed by atoms with Crippen molar-refractivity contribution in [2.45, 2.75) is 38.1 Å². The van der Waals surface area contributed by atoms with Gasteiger partial charge in [-0.05, 0) is 18.9 Å². The lowest BCUT2D eigenvalue weighted by molar-refractivity contribution is -0.384. The van der Waals surface area contributed by atoms with E-state index in [0.717, 1.165) is 25.7 Å². The molecule has 1 fully saturated rings. The number of amides is 1. The van der Waals surface area contributed by atoms with Crippen LogP contribution in [0.4, 0.5) is 5.69 Å². The van der Waals surface area contributed by atoms with Crippen molar-refractivity contribution in [3.05, 3.63) is 34.4 Å².